The third-order valence-electron chi connectivity index (χ3n) is 3.43. The molecule has 1 aromatic rings. The molecular weight excluding hydrogens is 472 g/mol. The summed E-state index contributed by atoms with van der Waals surface area (Å²) in [6, 6.07) is 5.04. The Bertz CT molecular complexity index is 675. The van der Waals surface area contributed by atoms with Crippen molar-refractivity contribution in [3.8, 4) is 0 Å². The molecule has 0 aliphatic heterocycles. The van der Waals surface area contributed by atoms with Gasteiger partial charge in [-0.1, -0.05) is 24.3 Å². The van der Waals surface area contributed by atoms with E-state index in [1.54, 1.807) is 32.1 Å². The number of amides is 1. The van der Waals surface area contributed by atoms with Gasteiger partial charge in [-0.25, -0.2) is 4.99 Å². The van der Waals surface area contributed by atoms with Crippen molar-refractivity contribution in [2.45, 2.75) is 19.6 Å². The lowest BCUT2D eigenvalue weighted by molar-refractivity contribution is -0.137. The van der Waals surface area contributed by atoms with Crippen LogP contribution < -0.4 is 5.32 Å². The van der Waals surface area contributed by atoms with E-state index in [4.69, 9.17) is 0 Å². The van der Waals surface area contributed by atoms with E-state index >= 15 is 0 Å². The Kier molecular flexibility index (Phi) is 10.4. The molecule has 9 heteroatoms. The van der Waals surface area contributed by atoms with Gasteiger partial charge in [0.05, 0.1) is 18.7 Å². The zero-order chi connectivity index (χ0) is 19.9. The fourth-order valence-corrected chi connectivity index (χ4v) is 2.12. The Morgan fingerprint density at radius 3 is 2.41 bits per heavy atom. The molecule has 0 saturated carbocycles. The normalized spacial score (nSPS) is 11.4. The second-order valence-electron chi connectivity index (χ2n) is 6.29. The highest BCUT2D eigenvalue weighted by Crippen LogP contribution is 2.29. The predicted octanol–water partition coefficient (Wildman–Crippen LogP) is 3.37. The molecule has 0 fully saturated rings. The van der Waals surface area contributed by atoms with Crippen LogP contribution in [0.3, 0.4) is 0 Å². The van der Waals surface area contributed by atoms with Crippen molar-refractivity contribution in [1.29, 1.82) is 0 Å². The second kappa shape index (κ2) is 11.2. The summed E-state index contributed by atoms with van der Waals surface area (Å²) in [5.74, 6) is 0.279. The number of hydrogen-bond acceptors (Lipinski definition) is 2. The summed E-state index contributed by atoms with van der Waals surface area (Å²) in [5, 5.41) is 2.94. The molecule has 0 spiro atoms. The minimum Gasteiger partial charge on any atom is -0.347 e. The monoisotopic (exact) mass is 498 g/mol. The maximum atomic E-state index is 12.8. The molecule has 1 amide bonds. The fourth-order valence-electron chi connectivity index (χ4n) is 2.12. The molecule has 0 aliphatic carbocycles. The number of rotatable bonds is 6. The van der Waals surface area contributed by atoms with Crippen LogP contribution in [0.15, 0.2) is 41.4 Å². The molecule has 0 saturated heterocycles. The van der Waals surface area contributed by atoms with Crippen LogP contribution in [-0.4, -0.2) is 55.9 Å². The van der Waals surface area contributed by atoms with Gasteiger partial charge in [0, 0.05) is 27.7 Å². The number of guanidine groups is 1. The number of carbonyl (C=O) groups is 1. The van der Waals surface area contributed by atoms with Crippen LogP contribution in [0, 0.1) is 0 Å². The Labute approximate surface area is 175 Å². The molecule has 0 aliphatic rings. The second-order valence-corrected chi connectivity index (χ2v) is 6.29. The van der Waals surface area contributed by atoms with Gasteiger partial charge in [-0.3, -0.25) is 4.79 Å². The van der Waals surface area contributed by atoms with Gasteiger partial charge in [-0.05, 0) is 24.6 Å². The lowest BCUT2D eigenvalue weighted by Gasteiger charge is -2.23. The quantitative estimate of drug-likeness (QED) is 0.283. The standard InChI is InChI=1S/C18H25F3N4O.HI/c1-13(2)12-25(5)17(23-11-16(26)24(3)4)22-10-14-7-6-8-15(9-14)18(19,20)21;/h6-9H,1,10-12H2,2-5H3,(H,22,23);1H. The van der Waals surface area contributed by atoms with Crippen molar-refractivity contribution >= 4 is 35.8 Å². The Balaban J connectivity index is 0.00000676. The maximum absolute atomic E-state index is 12.8. The van der Waals surface area contributed by atoms with Gasteiger partial charge >= 0.3 is 6.18 Å². The van der Waals surface area contributed by atoms with E-state index < -0.39 is 11.7 Å². The summed E-state index contributed by atoms with van der Waals surface area (Å²) < 4.78 is 38.4. The molecule has 0 atom stereocenters. The van der Waals surface area contributed by atoms with Gasteiger partial charge in [-0.2, -0.15) is 13.2 Å². The zero-order valence-electron chi connectivity index (χ0n) is 15.9. The van der Waals surface area contributed by atoms with Crippen molar-refractivity contribution in [1.82, 2.24) is 15.1 Å². The topological polar surface area (TPSA) is 47.9 Å². The first-order valence-electron chi connectivity index (χ1n) is 8.01. The third-order valence-corrected chi connectivity index (χ3v) is 3.43. The summed E-state index contributed by atoms with van der Waals surface area (Å²) in [5.41, 5.74) is 0.611. The van der Waals surface area contributed by atoms with Crippen LogP contribution in [-0.2, 0) is 17.5 Å². The van der Waals surface area contributed by atoms with E-state index in [-0.39, 0.29) is 43.0 Å². The summed E-state index contributed by atoms with van der Waals surface area (Å²) in [6.07, 6.45) is -4.39. The van der Waals surface area contributed by atoms with Gasteiger partial charge in [-0.15, -0.1) is 24.0 Å². The summed E-state index contributed by atoms with van der Waals surface area (Å²) in [4.78, 5) is 19.3. The lowest BCUT2D eigenvalue weighted by atomic mass is 10.1. The fraction of sp³-hybridized carbons (Fsp3) is 0.444. The maximum Gasteiger partial charge on any atom is 0.416 e. The van der Waals surface area contributed by atoms with Crippen molar-refractivity contribution in [2.75, 3.05) is 34.2 Å². The molecule has 0 aromatic heterocycles. The minimum absolute atomic E-state index is 0. The molecule has 0 heterocycles. The van der Waals surface area contributed by atoms with Crippen LogP contribution in [0.25, 0.3) is 0 Å². The predicted molar refractivity (Wildman–Crippen MR) is 112 cm³/mol. The molecule has 152 valence electrons. The highest BCUT2D eigenvalue weighted by Gasteiger charge is 2.30. The first-order chi connectivity index (χ1) is 12.0. The third kappa shape index (κ3) is 9.12. The highest BCUT2D eigenvalue weighted by molar-refractivity contribution is 14.0. The summed E-state index contributed by atoms with van der Waals surface area (Å²) >= 11 is 0. The number of aliphatic imine (C=N–C) groups is 1. The number of halogens is 4. The molecule has 0 radical (unpaired) electrons. The van der Waals surface area contributed by atoms with E-state index in [1.807, 2.05) is 6.92 Å². The van der Waals surface area contributed by atoms with Crippen molar-refractivity contribution in [2.24, 2.45) is 4.99 Å². The van der Waals surface area contributed by atoms with Crippen molar-refractivity contribution in [3.63, 3.8) is 0 Å². The molecule has 1 N–H and O–H groups in total. The lowest BCUT2D eigenvalue weighted by Crippen LogP contribution is -2.44. The van der Waals surface area contributed by atoms with Crippen molar-refractivity contribution < 1.29 is 18.0 Å². The van der Waals surface area contributed by atoms with Crippen LogP contribution >= 0.6 is 24.0 Å². The van der Waals surface area contributed by atoms with Gasteiger partial charge < -0.3 is 15.1 Å². The van der Waals surface area contributed by atoms with Gasteiger partial charge in [0.25, 0.3) is 0 Å². The Morgan fingerprint density at radius 2 is 1.89 bits per heavy atom. The van der Waals surface area contributed by atoms with E-state index in [0.29, 0.717) is 18.1 Å². The van der Waals surface area contributed by atoms with Crippen LogP contribution in [0.1, 0.15) is 18.1 Å². The molecule has 0 bridgehead atoms. The molecule has 1 rings (SSSR count). The highest BCUT2D eigenvalue weighted by atomic mass is 127. The van der Waals surface area contributed by atoms with E-state index in [0.717, 1.165) is 17.7 Å². The number of carbonyl (C=O) groups excluding carboxylic acids is 1. The van der Waals surface area contributed by atoms with Gasteiger partial charge in [0.2, 0.25) is 5.91 Å². The number of alkyl halides is 3. The zero-order valence-corrected chi connectivity index (χ0v) is 18.3. The molecule has 27 heavy (non-hydrogen) atoms. The number of hydrogen-bond donors (Lipinski definition) is 1. The van der Waals surface area contributed by atoms with Crippen molar-refractivity contribution in [3.05, 3.63) is 47.5 Å². The average molecular weight is 498 g/mol. The molecule has 1 aromatic carbocycles. The summed E-state index contributed by atoms with van der Waals surface area (Å²) in [6.45, 7) is 6.29. The minimum atomic E-state index is -4.39. The van der Waals surface area contributed by atoms with Gasteiger partial charge in [0.1, 0.15) is 0 Å². The SMILES string of the molecule is C=C(C)CN(C)C(=NCc1cccc(C(F)(F)F)c1)NCC(=O)N(C)C.I. The van der Waals surface area contributed by atoms with Crippen LogP contribution in [0.4, 0.5) is 13.2 Å². The van der Waals surface area contributed by atoms with Crippen LogP contribution in [0.2, 0.25) is 0 Å². The number of nitrogens with one attached hydrogen (secondary N) is 1. The largest absolute Gasteiger partial charge is 0.416 e. The summed E-state index contributed by atoms with van der Waals surface area (Å²) in [7, 11) is 5.05. The Morgan fingerprint density at radius 1 is 1.26 bits per heavy atom. The smallest absolute Gasteiger partial charge is 0.347 e. The molecule has 5 nitrogen and oxygen atoms in total. The molecule has 0 unspecified atom stereocenters. The molecular formula is C18H26F3IN4O. The first kappa shape index (κ1) is 25.2. The van der Waals surface area contributed by atoms with Gasteiger partial charge in [0.15, 0.2) is 5.96 Å². The Hall–Kier alpha value is -1.78. The number of benzene rings is 1. The first-order valence-corrected chi connectivity index (χ1v) is 8.01. The number of nitrogens with zero attached hydrogens (tertiary/aromatic N) is 3. The van der Waals surface area contributed by atoms with E-state index in [1.165, 1.54) is 11.0 Å². The van der Waals surface area contributed by atoms with E-state index in [9.17, 15) is 18.0 Å². The van der Waals surface area contributed by atoms with Crippen LogP contribution in [0.5, 0.6) is 0 Å². The average Bonchev–Trinajstić information content (AvgIpc) is 2.53. The van der Waals surface area contributed by atoms with E-state index in [2.05, 4.69) is 16.9 Å². The number of likely N-dealkylation sites (N-methyl/N-ethyl adjacent to an activating group) is 2.